The van der Waals surface area contributed by atoms with Crippen LogP contribution in [0.15, 0.2) is 41.0 Å². The first-order valence-corrected chi connectivity index (χ1v) is 8.70. The Balaban J connectivity index is 1.56. The quantitative estimate of drug-likeness (QED) is 0.736. The first-order valence-electron chi connectivity index (χ1n) is 8.70. The minimum atomic E-state index is -0.343. The highest BCUT2D eigenvalue weighted by atomic mass is 19.1. The normalized spacial score (nSPS) is 21.1. The molecule has 0 bridgehead atoms. The number of rotatable bonds is 6. The van der Waals surface area contributed by atoms with Crippen molar-refractivity contribution in [3.05, 3.63) is 59.3 Å². The Morgan fingerprint density at radius 1 is 1.38 bits per heavy atom. The van der Waals surface area contributed by atoms with E-state index in [1.165, 1.54) is 6.07 Å². The van der Waals surface area contributed by atoms with Gasteiger partial charge in [0.05, 0.1) is 12.3 Å². The Morgan fingerprint density at radius 2 is 2.19 bits per heavy atom. The highest BCUT2D eigenvalue weighted by Gasteiger charge is 2.31. The fourth-order valence-electron chi connectivity index (χ4n) is 3.17. The lowest BCUT2D eigenvalue weighted by molar-refractivity contribution is -0.123. The van der Waals surface area contributed by atoms with Crippen LogP contribution in [0.4, 0.5) is 4.39 Å². The zero-order chi connectivity index (χ0) is 18.7. The second-order valence-corrected chi connectivity index (χ2v) is 6.88. The third-order valence-electron chi connectivity index (χ3n) is 4.77. The molecule has 3 N–H and O–H groups in total. The average molecular weight is 360 g/mol. The molecule has 0 radical (unpaired) electrons. The SMILES string of the molecule is Cc1cc(C2CC(C(=O)NCC(c3ccco3)N(C)C)NN2)ccc1F. The average Bonchev–Trinajstić information content (AvgIpc) is 3.29. The van der Waals surface area contributed by atoms with Gasteiger partial charge in [-0.25, -0.2) is 15.2 Å². The number of hydrogen-bond donors (Lipinski definition) is 3. The smallest absolute Gasteiger partial charge is 0.238 e. The summed E-state index contributed by atoms with van der Waals surface area (Å²) in [6, 6.07) is 8.37. The van der Waals surface area contributed by atoms with Crippen molar-refractivity contribution in [3.8, 4) is 0 Å². The maximum absolute atomic E-state index is 13.4. The number of benzene rings is 1. The van der Waals surface area contributed by atoms with E-state index >= 15 is 0 Å². The predicted octanol–water partition coefficient (Wildman–Crippen LogP) is 2.05. The summed E-state index contributed by atoms with van der Waals surface area (Å²) in [5.74, 6) is 0.520. The Hall–Kier alpha value is -2.22. The molecule has 1 aliphatic rings. The van der Waals surface area contributed by atoms with Gasteiger partial charge in [0.25, 0.3) is 0 Å². The zero-order valence-corrected chi connectivity index (χ0v) is 15.3. The van der Waals surface area contributed by atoms with E-state index in [0.29, 0.717) is 18.5 Å². The van der Waals surface area contributed by atoms with E-state index < -0.39 is 0 Å². The molecule has 6 nitrogen and oxygen atoms in total. The number of likely N-dealkylation sites (N-methyl/N-ethyl adjacent to an activating group) is 1. The van der Waals surface area contributed by atoms with Gasteiger partial charge in [-0.1, -0.05) is 12.1 Å². The summed E-state index contributed by atoms with van der Waals surface area (Å²) >= 11 is 0. The molecular formula is C19H25FN4O2. The molecule has 26 heavy (non-hydrogen) atoms. The standard InChI is InChI=1S/C19H25FN4O2/c1-12-9-13(6-7-14(12)20)15-10-16(23-22-15)19(25)21-11-17(24(2)3)18-5-4-8-26-18/h4-9,15-17,22-23H,10-11H2,1-3H3,(H,21,25). The minimum absolute atomic E-state index is 0.0280. The Morgan fingerprint density at radius 3 is 2.85 bits per heavy atom. The van der Waals surface area contributed by atoms with Crippen molar-refractivity contribution in [1.29, 1.82) is 0 Å². The van der Waals surface area contributed by atoms with Crippen molar-refractivity contribution in [2.45, 2.75) is 31.5 Å². The molecular weight excluding hydrogens is 335 g/mol. The second kappa shape index (κ2) is 7.99. The van der Waals surface area contributed by atoms with Gasteiger partial charge < -0.3 is 9.73 Å². The zero-order valence-electron chi connectivity index (χ0n) is 15.3. The largest absolute Gasteiger partial charge is 0.468 e. The number of nitrogens with zero attached hydrogens (tertiary/aromatic N) is 1. The second-order valence-electron chi connectivity index (χ2n) is 6.88. The van der Waals surface area contributed by atoms with Gasteiger partial charge in [-0.05, 0) is 56.8 Å². The van der Waals surface area contributed by atoms with Crippen molar-refractivity contribution in [2.75, 3.05) is 20.6 Å². The summed E-state index contributed by atoms with van der Waals surface area (Å²) < 4.78 is 18.9. The fourth-order valence-corrected chi connectivity index (χ4v) is 3.17. The summed E-state index contributed by atoms with van der Waals surface area (Å²) in [5.41, 5.74) is 7.73. The lowest BCUT2D eigenvalue weighted by atomic mass is 10.00. The molecule has 3 rings (SSSR count). The van der Waals surface area contributed by atoms with E-state index in [9.17, 15) is 9.18 Å². The molecule has 1 saturated heterocycles. The predicted molar refractivity (Wildman–Crippen MR) is 96.7 cm³/mol. The first-order chi connectivity index (χ1) is 12.5. The molecule has 0 saturated carbocycles. The third kappa shape index (κ3) is 4.12. The number of carbonyl (C=O) groups excluding carboxylic acids is 1. The highest BCUT2D eigenvalue weighted by molar-refractivity contribution is 5.82. The number of amides is 1. The van der Waals surface area contributed by atoms with Gasteiger partial charge in [0.15, 0.2) is 0 Å². The molecule has 140 valence electrons. The molecule has 7 heteroatoms. The van der Waals surface area contributed by atoms with Crippen molar-refractivity contribution in [1.82, 2.24) is 21.1 Å². The molecule has 3 unspecified atom stereocenters. The molecule has 1 amide bonds. The number of halogens is 1. The van der Waals surface area contributed by atoms with Gasteiger partial charge in [0.2, 0.25) is 5.91 Å². The van der Waals surface area contributed by atoms with E-state index in [2.05, 4.69) is 16.2 Å². The molecule has 2 heterocycles. The summed E-state index contributed by atoms with van der Waals surface area (Å²) in [6.07, 6.45) is 2.23. The first kappa shape index (κ1) is 18.6. The lowest BCUT2D eigenvalue weighted by Crippen LogP contribution is -2.45. The van der Waals surface area contributed by atoms with E-state index in [1.54, 1.807) is 19.3 Å². The number of carbonyl (C=O) groups is 1. The number of nitrogens with one attached hydrogen (secondary N) is 3. The number of furan rings is 1. The van der Waals surface area contributed by atoms with Gasteiger partial charge in [-0.2, -0.15) is 0 Å². The van der Waals surface area contributed by atoms with Crippen LogP contribution >= 0.6 is 0 Å². The molecule has 1 aromatic carbocycles. The fraction of sp³-hybridized carbons (Fsp3) is 0.421. The summed E-state index contributed by atoms with van der Waals surface area (Å²) in [7, 11) is 3.89. The van der Waals surface area contributed by atoms with Crippen LogP contribution in [0.5, 0.6) is 0 Å². The van der Waals surface area contributed by atoms with Crippen LogP contribution < -0.4 is 16.2 Å². The molecule has 1 aromatic heterocycles. The van der Waals surface area contributed by atoms with E-state index in [0.717, 1.165) is 11.3 Å². The van der Waals surface area contributed by atoms with Crippen LogP contribution in [0.1, 0.15) is 35.4 Å². The monoisotopic (exact) mass is 360 g/mol. The van der Waals surface area contributed by atoms with Crippen molar-refractivity contribution >= 4 is 5.91 Å². The van der Waals surface area contributed by atoms with Crippen molar-refractivity contribution in [2.24, 2.45) is 0 Å². The number of hydrogen-bond acceptors (Lipinski definition) is 5. The van der Waals surface area contributed by atoms with Crippen LogP contribution in [-0.2, 0) is 4.79 Å². The molecule has 3 atom stereocenters. The van der Waals surface area contributed by atoms with E-state index in [4.69, 9.17) is 4.42 Å². The van der Waals surface area contributed by atoms with Gasteiger partial charge in [-0.3, -0.25) is 9.69 Å². The topological polar surface area (TPSA) is 69.5 Å². The maximum atomic E-state index is 13.4. The summed E-state index contributed by atoms with van der Waals surface area (Å²) in [6.45, 7) is 2.19. The summed E-state index contributed by atoms with van der Waals surface area (Å²) in [4.78, 5) is 14.5. The summed E-state index contributed by atoms with van der Waals surface area (Å²) in [5, 5.41) is 2.98. The number of hydrazine groups is 1. The Bertz CT molecular complexity index is 748. The van der Waals surface area contributed by atoms with Crippen LogP contribution in [0.25, 0.3) is 0 Å². The van der Waals surface area contributed by atoms with Crippen LogP contribution in [0.3, 0.4) is 0 Å². The van der Waals surface area contributed by atoms with Crippen molar-refractivity contribution < 1.29 is 13.6 Å². The van der Waals surface area contributed by atoms with E-state index in [-0.39, 0.29) is 29.8 Å². The molecule has 0 spiro atoms. The van der Waals surface area contributed by atoms with Crippen LogP contribution in [-0.4, -0.2) is 37.5 Å². The molecule has 2 aromatic rings. The molecule has 0 aliphatic carbocycles. The van der Waals surface area contributed by atoms with Gasteiger partial charge in [-0.15, -0.1) is 0 Å². The Labute approximate surface area is 152 Å². The van der Waals surface area contributed by atoms with Crippen molar-refractivity contribution in [3.63, 3.8) is 0 Å². The number of aryl methyl sites for hydroxylation is 1. The van der Waals surface area contributed by atoms with Gasteiger partial charge in [0, 0.05) is 12.6 Å². The highest BCUT2D eigenvalue weighted by Crippen LogP contribution is 2.24. The Kier molecular flexibility index (Phi) is 5.70. The van der Waals surface area contributed by atoms with E-state index in [1.807, 2.05) is 37.2 Å². The third-order valence-corrected chi connectivity index (χ3v) is 4.77. The van der Waals surface area contributed by atoms with Crippen LogP contribution in [0.2, 0.25) is 0 Å². The van der Waals surface area contributed by atoms with Crippen LogP contribution in [0, 0.1) is 12.7 Å². The minimum Gasteiger partial charge on any atom is -0.468 e. The lowest BCUT2D eigenvalue weighted by Gasteiger charge is -2.23. The molecule has 1 aliphatic heterocycles. The van der Waals surface area contributed by atoms with Gasteiger partial charge >= 0.3 is 0 Å². The van der Waals surface area contributed by atoms with Gasteiger partial charge in [0.1, 0.15) is 17.6 Å². The molecule has 1 fully saturated rings. The maximum Gasteiger partial charge on any atom is 0.238 e.